The molecule has 1 unspecified atom stereocenters. The first-order valence-corrected chi connectivity index (χ1v) is 7.24. The van der Waals surface area contributed by atoms with Crippen LogP contribution in [0, 0.1) is 12.7 Å². The van der Waals surface area contributed by atoms with Crippen LogP contribution in [0.15, 0.2) is 42.5 Å². The van der Waals surface area contributed by atoms with E-state index in [0.717, 1.165) is 24.1 Å². The molecule has 1 N–H and O–H groups in total. The lowest BCUT2D eigenvalue weighted by molar-refractivity contribution is 0.600. The SMILES string of the molecule is CCNC(c1ccc(CC)cc1)c1cc(F)ccc1C. The Bertz CT molecular complexity index is 560. The van der Waals surface area contributed by atoms with E-state index in [0.29, 0.717) is 0 Å². The third kappa shape index (κ3) is 3.26. The molecule has 2 aromatic carbocycles. The van der Waals surface area contributed by atoms with E-state index in [1.54, 1.807) is 6.07 Å². The lowest BCUT2D eigenvalue weighted by atomic mass is 9.94. The van der Waals surface area contributed by atoms with Crippen LogP contribution < -0.4 is 5.32 Å². The van der Waals surface area contributed by atoms with E-state index in [4.69, 9.17) is 0 Å². The first kappa shape index (κ1) is 14.7. The molecule has 2 heteroatoms. The molecule has 1 atom stereocenters. The minimum Gasteiger partial charge on any atom is -0.307 e. The van der Waals surface area contributed by atoms with Crippen LogP contribution in [0.5, 0.6) is 0 Å². The van der Waals surface area contributed by atoms with E-state index in [-0.39, 0.29) is 11.9 Å². The number of aryl methyl sites for hydroxylation is 2. The summed E-state index contributed by atoms with van der Waals surface area (Å²) in [5.41, 5.74) is 4.62. The zero-order valence-electron chi connectivity index (χ0n) is 12.4. The fourth-order valence-corrected chi connectivity index (χ4v) is 2.48. The van der Waals surface area contributed by atoms with Gasteiger partial charge in [0.2, 0.25) is 0 Å². The van der Waals surface area contributed by atoms with E-state index < -0.39 is 0 Å². The topological polar surface area (TPSA) is 12.0 Å². The summed E-state index contributed by atoms with van der Waals surface area (Å²) < 4.78 is 13.6. The molecule has 0 aliphatic carbocycles. The molecule has 0 aromatic heterocycles. The predicted octanol–water partition coefficient (Wildman–Crippen LogP) is 4.40. The van der Waals surface area contributed by atoms with E-state index in [1.807, 2.05) is 13.0 Å². The molecule has 20 heavy (non-hydrogen) atoms. The van der Waals surface area contributed by atoms with Crippen molar-refractivity contribution in [2.45, 2.75) is 33.2 Å². The van der Waals surface area contributed by atoms with Gasteiger partial charge in [-0.05, 0) is 54.3 Å². The summed E-state index contributed by atoms with van der Waals surface area (Å²) in [5, 5.41) is 3.45. The van der Waals surface area contributed by atoms with Crippen molar-refractivity contribution in [3.8, 4) is 0 Å². The maximum absolute atomic E-state index is 13.6. The minimum absolute atomic E-state index is 0.0432. The van der Waals surface area contributed by atoms with Crippen molar-refractivity contribution < 1.29 is 4.39 Å². The third-order valence-electron chi connectivity index (χ3n) is 3.68. The number of hydrogen-bond acceptors (Lipinski definition) is 1. The van der Waals surface area contributed by atoms with Gasteiger partial charge >= 0.3 is 0 Å². The zero-order valence-corrected chi connectivity index (χ0v) is 12.4. The molecule has 0 bridgehead atoms. The number of halogens is 1. The lowest BCUT2D eigenvalue weighted by Gasteiger charge is -2.21. The van der Waals surface area contributed by atoms with Crippen molar-refractivity contribution in [3.63, 3.8) is 0 Å². The van der Waals surface area contributed by atoms with Gasteiger partial charge < -0.3 is 5.32 Å². The largest absolute Gasteiger partial charge is 0.307 e. The molecular weight excluding hydrogens is 249 g/mol. The first-order valence-electron chi connectivity index (χ1n) is 7.24. The highest BCUT2D eigenvalue weighted by molar-refractivity contribution is 5.38. The molecule has 0 spiro atoms. The Morgan fingerprint density at radius 2 is 1.75 bits per heavy atom. The van der Waals surface area contributed by atoms with Gasteiger partial charge in [-0.25, -0.2) is 4.39 Å². The number of rotatable bonds is 5. The number of nitrogens with one attached hydrogen (secondary N) is 1. The highest BCUT2D eigenvalue weighted by atomic mass is 19.1. The van der Waals surface area contributed by atoms with Crippen LogP contribution in [0.4, 0.5) is 4.39 Å². The normalized spacial score (nSPS) is 12.4. The molecule has 2 rings (SSSR count). The predicted molar refractivity (Wildman–Crippen MR) is 82.5 cm³/mol. The van der Waals surface area contributed by atoms with Gasteiger partial charge in [-0.1, -0.05) is 44.2 Å². The summed E-state index contributed by atoms with van der Waals surface area (Å²) in [6.07, 6.45) is 1.03. The maximum Gasteiger partial charge on any atom is 0.123 e. The fraction of sp³-hybridized carbons (Fsp3) is 0.333. The summed E-state index contributed by atoms with van der Waals surface area (Å²) in [7, 11) is 0. The highest BCUT2D eigenvalue weighted by Gasteiger charge is 2.15. The second-order valence-electron chi connectivity index (χ2n) is 5.09. The summed E-state index contributed by atoms with van der Waals surface area (Å²) in [6, 6.07) is 13.6. The molecule has 0 fully saturated rings. The minimum atomic E-state index is -0.182. The fourth-order valence-electron chi connectivity index (χ4n) is 2.48. The van der Waals surface area contributed by atoms with E-state index in [2.05, 4.69) is 43.4 Å². The monoisotopic (exact) mass is 271 g/mol. The van der Waals surface area contributed by atoms with Gasteiger partial charge in [0.1, 0.15) is 5.82 Å². The maximum atomic E-state index is 13.6. The Hall–Kier alpha value is -1.67. The van der Waals surface area contributed by atoms with Crippen molar-refractivity contribution in [1.29, 1.82) is 0 Å². The van der Waals surface area contributed by atoms with E-state index in [9.17, 15) is 4.39 Å². The van der Waals surface area contributed by atoms with Crippen LogP contribution in [-0.4, -0.2) is 6.54 Å². The quantitative estimate of drug-likeness (QED) is 0.850. The molecule has 0 saturated carbocycles. The average Bonchev–Trinajstić information content (AvgIpc) is 2.48. The summed E-state index contributed by atoms with van der Waals surface area (Å²) in [5.74, 6) is -0.182. The number of benzene rings is 2. The molecule has 0 saturated heterocycles. The second-order valence-corrected chi connectivity index (χ2v) is 5.09. The molecule has 0 aliphatic heterocycles. The first-order chi connectivity index (χ1) is 9.65. The van der Waals surface area contributed by atoms with Crippen LogP contribution in [0.25, 0.3) is 0 Å². The van der Waals surface area contributed by atoms with Crippen LogP contribution in [-0.2, 0) is 6.42 Å². The van der Waals surface area contributed by atoms with Crippen molar-refractivity contribution in [2.24, 2.45) is 0 Å². The second kappa shape index (κ2) is 6.67. The summed E-state index contributed by atoms with van der Waals surface area (Å²) >= 11 is 0. The van der Waals surface area contributed by atoms with Crippen LogP contribution >= 0.6 is 0 Å². The zero-order chi connectivity index (χ0) is 14.5. The number of hydrogen-bond donors (Lipinski definition) is 1. The Balaban J connectivity index is 2.41. The van der Waals surface area contributed by atoms with Crippen molar-refractivity contribution in [2.75, 3.05) is 6.54 Å². The smallest absolute Gasteiger partial charge is 0.123 e. The Morgan fingerprint density at radius 1 is 1.05 bits per heavy atom. The van der Waals surface area contributed by atoms with Crippen LogP contribution in [0.3, 0.4) is 0 Å². The van der Waals surface area contributed by atoms with Crippen molar-refractivity contribution >= 4 is 0 Å². The molecule has 0 aliphatic rings. The lowest BCUT2D eigenvalue weighted by Crippen LogP contribution is -2.23. The molecule has 2 aromatic rings. The van der Waals surface area contributed by atoms with Crippen molar-refractivity contribution in [1.82, 2.24) is 5.32 Å². The van der Waals surface area contributed by atoms with Crippen molar-refractivity contribution in [3.05, 3.63) is 70.5 Å². The molecule has 106 valence electrons. The van der Waals surface area contributed by atoms with Gasteiger partial charge in [-0.2, -0.15) is 0 Å². The van der Waals surface area contributed by atoms with Gasteiger partial charge in [-0.15, -0.1) is 0 Å². The molecule has 0 heterocycles. The highest BCUT2D eigenvalue weighted by Crippen LogP contribution is 2.26. The molecular formula is C18H22FN. The Labute approximate surface area is 120 Å². The molecule has 0 amide bonds. The van der Waals surface area contributed by atoms with E-state index in [1.165, 1.54) is 17.2 Å². The third-order valence-corrected chi connectivity index (χ3v) is 3.68. The summed E-state index contributed by atoms with van der Waals surface area (Å²) in [6.45, 7) is 7.09. The summed E-state index contributed by atoms with van der Waals surface area (Å²) in [4.78, 5) is 0. The van der Waals surface area contributed by atoms with Gasteiger partial charge in [-0.3, -0.25) is 0 Å². The van der Waals surface area contributed by atoms with Gasteiger partial charge in [0.15, 0.2) is 0 Å². The Kier molecular flexibility index (Phi) is 4.91. The van der Waals surface area contributed by atoms with E-state index >= 15 is 0 Å². The van der Waals surface area contributed by atoms with Gasteiger partial charge in [0.05, 0.1) is 6.04 Å². The standard InChI is InChI=1S/C18H22FN/c1-4-14-7-9-15(10-8-14)18(20-5-2)17-12-16(19)11-6-13(17)3/h6-12,18,20H,4-5H2,1-3H3. The Morgan fingerprint density at radius 3 is 2.35 bits per heavy atom. The van der Waals surface area contributed by atoms with Crippen LogP contribution in [0.1, 0.15) is 42.1 Å². The van der Waals surface area contributed by atoms with Crippen LogP contribution in [0.2, 0.25) is 0 Å². The molecule has 1 nitrogen and oxygen atoms in total. The van der Waals surface area contributed by atoms with Gasteiger partial charge in [0, 0.05) is 0 Å². The van der Waals surface area contributed by atoms with Gasteiger partial charge in [0.25, 0.3) is 0 Å². The molecule has 0 radical (unpaired) electrons. The average molecular weight is 271 g/mol.